The van der Waals surface area contributed by atoms with Gasteiger partial charge in [0.2, 0.25) is 0 Å². The Kier molecular flexibility index (Phi) is 4.38. The van der Waals surface area contributed by atoms with Gasteiger partial charge in [-0.25, -0.2) is 0 Å². The highest BCUT2D eigenvalue weighted by atomic mass is 79.9. The van der Waals surface area contributed by atoms with Crippen molar-refractivity contribution in [1.29, 1.82) is 0 Å². The summed E-state index contributed by atoms with van der Waals surface area (Å²) >= 11 is 15.2. The molecule has 2 N–H and O–H groups in total. The number of aromatic hydroxyl groups is 1. The van der Waals surface area contributed by atoms with E-state index in [0.29, 0.717) is 16.6 Å². The average molecular weight is 347 g/mol. The van der Waals surface area contributed by atoms with E-state index in [2.05, 4.69) is 21.2 Å². The van der Waals surface area contributed by atoms with Crippen molar-refractivity contribution in [3.8, 4) is 5.75 Å². The molecule has 0 spiro atoms. The zero-order valence-corrected chi connectivity index (χ0v) is 12.4. The minimum absolute atomic E-state index is 0.106. The molecule has 0 atom stereocenters. The van der Waals surface area contributed by atoms with Gasteiger partial charge in [-0.05, 0) is 40.2 Å². The average Bonchev–Trinajstić information content (AvgIpc) is 2.35. The lowest BCUT2D eigenvalue weighted by molar-refractivity contribution is 0.469. The van der Waals surface area contributed by atoms with Gasteiger partial charge >= 0.3 is 0 Å². The fraction of sp³-hybridized carbons (Fsp3) is 0.0769. The van der Waals surface area contributed by atoms with E-state index in [4.69, 9.17) is 23.2 Å². The van der Waals surface area contributed by atoms with Gasteiger partial charge in [-0.1, -0.05) is 35.3 Å². The third-order valence-electron chi connectivity index (χ3n) is 2.47. The summed E-state index contributed by atoms with van der Waals surface area (Å²) in [4.78, 5) is 0. The van der Waals surface area contributed by atoms with E-state index in [0.717, 1.165) is 15.7 Å². The molecule has 5 heteroatoms. The number of rotatable bonds is 3. The molecule has 2 nitrogen and oxygen atoms in total. The van der Waals surface area contributed by atoms with Gasteiger partial charge in [0.1, 0.15) is 5.75 Å². The highest BCUT2D eigenvalue weighted by Gasteiger charge is 2.05. The van der Waals surface area contributed by atoms with Gasteiger partial charge in [-0.2, -0.15) is 0 Å². The molecule has 18 heavy (non-hydrogen) atoms. The summed E-state index contributed by atoms with van der Waals surface area (Å²) in [5, 5.41) is 13.9. The van der Waals surface area contributed by atoms with Crippen LogP contribution >= 0.6 is 39.1 Å². The second kappa shape index (κ2) is 5.83. The summed E-state index contributed by atoms with van der Waals surface area (Å²) in [6.45, 7) is 0.477. The third-order valence-corrected chi connectivity index (χ3v) is 4.01. The van der Waals surface area contributed by atoms with Gasteiger partial charge in [0.25, 0.3) is 0 Å². The van der Waals surface area contributed by atoms with Gasteiger partial charge < -0.3 is 10.4 Å². The summed E-state index contributed by atoms with van der Waals surface area (Å²) in [5.41, 5.74) is 1.61. The molecule has 2 aromatic carbocycles. The predicted octanol–water partition coefficient (Wildman–Crippen LogP) is 5.07. The number of phenolic OH excluding ortho intramolecular Hbond substituents is 1. The van der Waals surface area contributed by atoms with Crippen LogP contribution in [-0.4, -0.2) is 5.11 Å². The Labute approximate surface area is 124 Å². The largest absolute Gasteiger partial charge is 0.506 e. The van der Waals surface area contributed by atoms with Crippen molar-refractivity contribution in [2.24, 2.45) is 0 Å². The van der Waals surface area contributed by atoms with Crippen molar-refractivity contribution in [2.75, 3.05) is 5.32 Å². The first-order valence-electron chi connectivity index (χ1n) is 5.23. The maximum Gasteiger partial charge on any atom is 0.139 e. The molecule has 0 radical (unpaired) electrons. The third kappa shape index (κ3) is 3.10. The number of phenols is 1. The lowest BCUT2D eigenvalue weighted by Gasteiger charge is -2.09. The Morgan fingerprint density at radius 1 is 1.11 bits per heavy atom. The molecule has 0 aliphatic carbocycles. The van der Waals surface area contributed by atoms with Crippen LogP contribution in [-0.2, 0) is 6.54 Å². The minimum Gasteiger partial charge on any atom is -0.506 e. The second-order valence-electron chi connectivity index (χ2n) is 3.73. The quantitative estimate of drug-likeness (QED) is 0.812. The first-order valence-corrected chi connectivity index (χ1v) is 6.78. The van der Waals surface area contributed by atoms with E-state index >= 15 is 0 Å². The van der Waals surface area contributed by atoms with E-state index in [1.807, 2.05) is 24.3 Å². The summed E-state index contributed by atoms with van der Waals surface area (Å²) in [6, 6.07) is 10.8. The molecule has 0 aromatic heterocycles. The van der Waals surface area contributed by atoms with Crippen LogP contribution in [0.5, 0.6) is 5.75 Å². The Morgan fingerprint density at radius 2 is 1.89 bits per heavy atom. The fourth-order valence-electron chi connectivity index (χ4n) is 1.51. The molecule has 0 fully saturated rings. The molecule has 0 amide bonds. The first-order chi connectivity index (χ1) is 8.58. The molecular weight excluding hydrogens is 337 g/mol. The molecule has 0 saturated carbocycles. The normalized spacial score (nSPS) is 10.4. The minimum atomic E-state index is 0.106. The van der Waals surface area contributed by atoms with E-state index in [1.54, 1.807) is 12.1 Å². The van der Waals surface area contributed by atoms with Gasteiger partial charge in [0.15, 0.2) is 0 Å². The standard InChI is InChI=1S/C13H10BrCl2NO/c14-10-5-4-9(6-12(10)16)17-7-8-2-1-3-11(15)13(8)18/h1-6,17-18H,7H2. The maximum atomic E-state index is 9.77. The summed E-state index contributed by atoms with van der Waals surface area (Å²) in [7, 11) is 0. The highest BCUT2D eigenvalue weighted by molar-refractivity contribution is 9.10. The van der Waals surface area contributed by atoms with Crippen LogP contribution in [0.4, 0.5) is 5.69 Å². The molecule has 0 unspecified atom stereocenters. The van der Waals surface area contributed by atoms with Crippen LogP contribution in [0.2, 0.25) is 10.0 Å². The number of nitrogens with one attached hydrogen (secondary N) is 1. The van der Waals surface area contributed by atoms with Crippen molar-refractivity contribution in [3.63, 3.8) is 0 Å². The molecule has 0 heterocycles. The fourth-order valence-corrected chi connectivity index (χ4v) is 2.13. The van der Waals surface area contributed by atoms with Gasteiger partial charge in [-0.15, -0.1) is 0 Å². The summed E-state index contributed by atoms with van der Waals surface area (Å²) in [5.74, 6) is 0.106. The number of benzene rings is 2. The predicted molar refractivity (Wildman–Crippen MR) is 79.6 cm³/mol. The number of hydrogen-bond donors (Lipinski definition) is 2. The van der Waals surface area contributed by atoms with E-state index in [-0.39, 0.29) is 5.75 Å². The van der Waals surface area contributed by atoms with E-state index in [9.17, 15) is 5.11 Å². The first kappa shape index (κ1) is 13.5. The van der Waals surface area contributed by atoms with Crippen LogP contribution in [0.15, 0.2) is 40.9 Å². The summed E-state index contributed by atoms with van der Waals surface area (Å²) in [6.07, 6.45) is 0. The SMILES string of the molecule is Oc1c(Cl)cccc1CNc1ccc(Br)c(Cl)c1. The molecular formula is C13H10BrCl2NO. The summed E-state index contributed by atoms with van der Waals surface area (Å²) < 4.78 is 0.848. The Bertz CT molecular complexity index is 575. The van der Waals surface area contributed by atoms with Crippen molar-refractivity contribution < 1.29 is 5.11 Å². The van der Waals surface area contributed by atoms with Crippen molar-refractivity contribution in [2.45, 2.75) is 6.54 Å². The van der Waals surface area contributed by atoms with E-state index < -0.39 is 0 Å². The van der Waals surface area contributed by atoms with Crippen molar-refractivity contribution in [1.82, 2.24) is 0 Å². The molecule has 2 aromatic rings. The number of halogens is 3. The molecule has 94 valence electrons. The van der Waals surface area contributed by atoms with Crippen LogP contribution in [0, 0.1) is 0 Å². The Morgan fingerprint density at radius 3 is 2.61 bits per heavy atom. The topological polar surface area (TPSA) is 32.3 Å². The zero-order valence-electron chi connectivity index (χ0n) is 9.25. The molecule has 0 aliphatic rings. The molecule has 0 bridgehead atoms. The Balaban J connectivity index is 2.11. The molecule has 0 saturated heterocycles. The van der Waals surface area contributed by atoms with Crippen molar-refractivity contribution >= 4 is 44.8 Å². The number of hydrogen-bond acceptors (Lipinski definition) is 2. The van der Waals surface area contributed by atoms with Crippen LogP contribution in [0.25, 0.3) is 0 Å². The van der Waals surface area contributed by atoms with Crippen LogP contribution < -0.4 is 5.32 Å². The van der Waals surface area contributed by atoms with Gasteiger partial charge in [-0.3, -0.25) is 0 Å². The second-order valence-corrected chi connectivity index (χ2v) is 5.40. The maximum absolute atomic E-state index is 9.77. The Hall–Kier alpha value is -0.900. The smallest absolute Gasteiger partial charge is 0.139 e. The molecule has 2 rings (SSSR count). The lowest BCUT2D eigenvalue weighted by Crippen LogP contribution is -1.99. The van der Waals surface area contributed by atoms with Gasteiger partial charge in [0, 0.05) is 22.3 Å². The monoisotopic (exact) mass is 345 g/mol. The van der Waals surface area contributed by atoms with E-state index in [1.165, 1.54) is 0 Å². The number of para-hydroxylation sites is 1. The van der Waals surface area contributed by atoms with Gasteiger partial charge in [0.05, 0.1) is 10.0 Å². The van der Waals surface area contributed by atoms with Crippen molar-refractivity contribution in [3.05, 3.63) is 56.5 Å². The zero-order chi connectivity index (χ0) is 13.1. The van der Waals surface area contributed by atoms with Crippen LogP contribution in [0.1, 0.15) is 5.56 Å². The molecule has 0 aliphatic heterocycles. The van der Waals surface area contributed by atoms with Crippen LogP contribution in [0.3, 0.4) is 0 Å². The lowest BCUT2D eigenvalue weighted by atomic mass is 10.2. The number of anilines is 1. The highest BCUT2D eigenvalue weighted by Crippen LogP contribution is 2.29.